The van der Waals surface area contributed by atoms with Gasteiger partial charge in [0.05, 0.1) is 11.8 Å². The zero-order valence-electron chi connectivity index (χ0n) is 13.9. The van der Waals surface area contributed by atoms with Crippen molar-refractivity contribution in [1.29, 1.82) is 0 Å². The summed E-state index contributed by atoms with van der Waals surface area (Å²) >= 11 is 0. The first-order valence-corrected chi connectivity index (χ1v) is 7.95. The SMILES string of the molecule is CO[C@H]1CC[C@@](F)(C(=O)NCc2c(F)cc(F)cc2F)c2cccnc21. The number of pyridine rings is 1. The normalized spacial score (nSPS) is 22.0. The van der Waals surface area contributed by atoms with Crippen LogP contribution in [-0.4, -0.2) is 18.0 Å². The molecule has 0 bridgehead atoms. The van der Waals surface area contributed by atoms with Gasteiger partial charge in [-0.05, 0) is 18.9 Å². The number of fused-ring (bicyclic) bond motifs is 1. The van der Waals surface area contributed by atoms with Gasteiger partial charge in [-0.15, -0.1) is 0 Å². The van der Waals surface area contributed by atoms with Crippen LogP contribution < -0.4 is 5.32 Å². The molecule has 26 heavy (non-hydrogen) atoms. The molecule has 0 unspecified atom stereocenters. The van der Waals surface area contributed by atoms with Crippen LogP contribution in [-0.2, 0) is 21.7 Å². The number of amides is 1. The number of hydrogen-bond acceptors (Lipinski definition) is 3. The second-order valence-corrected chi connectivity index (χ2v) is 6.03. The van der Waals surface area contributed by atoms with Crippen LogP contribution in [0.5, 0.6) is 0 Å². The monoisotopic (exact) mass is 368 g/mol. The zero-order valence-corrected chi connectivity index (χ0v) is 13.9. The van der Waals surface area contributed by atoms with E-state index in [0.29, 0.717) is 17.8 Å². The van der Waals surface area contributed by atoms with Gasteiger partial charge >= 0.3 is 0 Å². The third kappa shape index (κ3) is 3.16. The standard InChI is InChI=1S/C18H16F4N2O2/c1-26-15-4-5-18(22,12-3-2-6-23-16(12)15)17(25)24-9-11-13(20)7-10(19)8-14(11)21/h2-3,6-8,15H,4-5,9H2,1H3,(H,24,25)/t15-,18-/m0/s1. The topological polar surface area (TPSA) is 51.2 Å². The summed E-state index contributed by atoms with van der Waals surface area (Å²) in [5, 5.41) is 2.20. The Labute approximate surface area is 147 Å². The smallest absolute Gasteiger partial charge is 0.262 e. The number of rotatable bonds is 4. The van der Waals surface area contributed by atoms with Crippen molar-refractivity contribution < 1.29 is 27.1 Å². The summed E-state index contributed by atoms with van der Waals surface area (Å²) in [6.45, 7) is -0.605. The summed E-state index contributed by atoms with van der Waals surface area (Å²) in [6.07, 6.45) is 1.10. The Morgan fingerprint density at radius 1 is 1.35 bits per heavy atom. The second kappa shape index (κ2) is 7.03. The lowest BCUT2D eigenvalue weighted by atomic mass is 9.81. The van der Waals surface area contributed by atoms with E-state index >= 15 is 4.39 Å². The van der Waals surface area contributed by atoms with Crippen molar-refractivity contribution >= 4 is 5.91 Å². The first-order chi connectivity index (χ1) is 12.4. The van der Waals surface area contributed by atoms with E-state index in [1.807, 2.05) is 0 Å². The van der Waals surface area contributed by atoms with Crippen molar-refractivity contribution in [3.05, 3.63) is 64.7 Å². The molecule has 8 heteroatoms. The van der Waals surface area contributed by atoms with Crippen LogP contribution in [0, 0.1) is 17.5 Å². The largest absolute Gasteiger partial charge is 0.375 e. The van der Waals surface area contributed by atoms with Crippen molar-refractivity contribution in [2.75, 3.05) is 7.11 Å². The van der Waals surface area contributed by atoms with Crippen molar-refractivity contribution in [3.63, 3.8) is 0 Å². The minimum Gasteiger partial charge on any atom is -0.375 e. The second-order valence-electron chi connectivity index (χ2n) is 6.03. The molecule has 1 aromatic carbocycles. The van der Waals surface area contributed by atoms with Crippen molar-refractivity contribution in [3.8, 4) is 0 Å². The van der Waals surface area contributed by atoms with Crippen LogP contribution in [0.2, 0.25) is 0 Å². The number of alkyl halides is 1. The van der Waals surface area contributed by atoms with E-state index in [4.69, 9.17) is 4.74 Å². The van der Waals surface area contributed by atoms with E-state index in [-0.39, 0.29) is 18.4 Å². The van der Waals surface area contributed by atoms with Crippen molar-refractivity contribution in [2.24, 2.45) is 0 Å². The van der Waals surface area contributed by atoms with Crippen molar-refractivity contribution in [1.82, 2.24) is 10.3 Å². The van der Waals surface area contributed by atoms with Crippen LogP contribution in [0.25, 0.3) is 0 Å². The van der Waals surface area contributed by atoms with Gasteiger partial charge in [0.1, 0.15) is 17.5 Å². The fourth-order valence-corrected chi connectivity index (χ4v) is 3.13. The summed E-state index contributed by atoms with van der Waals surface area (Å²) < 4.78 is 61.1. The number of ether oxygens (including phenoxy) is 1. The Bertz CT molecular complexity index is 823. The number of nitrogens with one attached hydrogen (secondary N) is 1. The average molecular weight is 368 g/mol. The Kier molecular flexibility index (Phi) is 4.95. The fraction of sp³-hybridized carbons (Fsp3) is 0.333. The van der Waals surface area contributed by atoms with Crippen LogP contribution in [0.1, 0.15) is 35.8 Å². The molecule has 1 aromatic heterocycles. The fourth-order valence-electron chi connectivity index (χ4n) is 3.13. The maximum atomic E-state index is 15.5. The van der Waals surface area contributed by atoms with Crippen LogP contribution in [0.3, 0.4) is 0 Å². The first kappa shape index (κ1) is 18.3. The minimum atomic E-state index is -2.40. The van der Waals surface area contributed by atoms with E-state index in [9.17, 15) is 18.0 Å². The molecule has 2 atom stereocenters. The highest BCUT2D eigenvalue weighted by Gasteiger charge is 2.47. The molecular formula is C18H16F4N2O2. The van der Waals surface area contributed by atoms with Crippen LogP contribution in [0.15, 0.2) is 30.5 Å². The summed E-state index contributed by atoms with van der Waals surface area (Å²) in [5.74, 6) is -4.42. The van der Waals surface area contributed by atoms with Gasteiger partial charge in [-0.1, -0.05) is 6.07 Å². The third-order valence-electron chi connectivity index (χ3n) is 4.50. The molecule has 1 aliphatic rings. The Morgan fingerprint density at radius 2 is 2.04 bits per heavy atom. The average Bonchev–Trinajstić information content (AvgIpc) is 2.61. The lowest BCUT2D eigenvalue weighted by molar-refractivity contribution is -0.135. The van der Waals surface area contributed by atoms with E-state index in [0.717, 1.165) is 0 Å². The Balaban J connectivity index is 1.84. The summed E-state index contributed by atoms with van der Waals surface area (Å²) in [5.41, 5.74) is -2.56. The van der Waals surface area contributed by atoms with E-state index in [2.05, 4.69) is 10.3 Å². The number of aromatic nitrogens is 1. The molecule has 3 rings (SSSR count). The van der Waals surface area contributed by atoms with Gasteiger partial charge in [-0.25, -0.2) is 17.6 Å². The summed E-state index contributed by atoms with van der Waals surface area (Å²) in [7, 11) is 1.47. The molecule has 0 saturated heterocycles. The lowest BCUT2D eigenvalue weighted by Crippen LogP contribution is -2.44. The number of carbonyl (C=O) groups excluding carboxylic acids is 1. The van der Waals surface area contributed by atoms with Gasteiger partial charge in [-0.2, -0.15) is 0 Å². The van der Waals surface area contributed by atoms with E-state index in [1.165, 1.54) is 25.4 Å². The molecule has 2 aromatic rings. The third-order valence-corrected chi connectivity index (χ3v) is 4.50. The van der Waals surface area contributed by atoms with Crippen LogP contribution in [0.4, 0.5) is 17.6 Å². The number of hydrogen-bond donors (Lipinski definition) is 1. The first-order valence-electron chi connectivity index (χ1n) is 7.95. The van der Waals surface area contributed by atoms with Gasteiger partial charge in [0.15, 0.2) is 0 Å². The van der Waals surface area contributed by atoms with Gasteiger partial charge in [0.25, 0.3) is 5.91 Å². The van der Waals surface area contributed by atoms with Gasteiger partial charge in [0.2, 0.25) is 5.67 Å². The van der Waals surface area contributed by atoms with E-state index < -0.39 is 47.2 Å². The molecule has 0 fully saturated rings. The molecule has 0 radical (unpaired) electrons. The number of benzene rings is 1. The van der Waals surface area contributed by atoms with Crippen LogP contribution >= 0.6 is 0 Å². The predicted octanol–water partition coefficient (Wildman–Crippen LogP) is 3.46. The maximum Gasteiger partial charge on any atom is 0.262 e. The van der Waals surface area contributed by atoms with Crippen molar-refractivity contribution in [2.45, 2.75) is 31.2 Å². The molecular weight excluding hydrogens is 352 g/mol. The highest BCUT2D eigenvalue weighted by molar-refractivity contribution is 5.87. The number of halogens is 4. The molecule has 0 spiro atoms. The molecule has 0 saturated carbocycles. The number of methoxy groups -OCH3 is 1. The number of carbonyl (C=O) groups is 1. The summed E-state index contributed by atoms with van der Waals surface area (Å²) in [6, 6.07) is 3.93. The molecule has 4 nitrogen and oxygen atoms in total. The molecule has 1 amide bonds. The summed E-state index contributed by atoms with van der Waals surface area (Å²) in [4.78, 5) is 16.6. The molecule has 1 heterocycles. The predicted molar refractivity (Wildman–Crippen MR) is 84.2 cm³/mol. The lowest BCUT2D eigenvalue weighted by Gasteiger charge is -2.33. The Hall–Kier alpha value is -2.48. The highest BCUT2D eigenvalue weighted by atomic mass is 19.2. The molecule has 0 aliphatic heterocycles. The van der Waals surface area contributed by atoms with Gasteiger partial charge in [0, 0.05) is 43.1 Å². The quantitative estimate of drug-likeness (QED) is 0.841. The Morgan fingerprint density at radius 3 is 2.69 bits per heavy atom. The molecule has 138 valence electrons. The van der Waals surface area contributed by atoms with Gasteiger partial charge < -0.3 is 10.1 Å². The highest BCUT2D eigenvalue weighted by Crippen LogP contribution is 2.43. The number of nitrogens with zero attached hydrogens (tertiary/aromatic N) is 1. The zero-order chi connectivity index (χ0) is 18.9. The molecule has 1 N–H and O–H groups in total. The van der Waals surface area contributed by atoms with Gasteiger partial charge in [-0.3, -0.25) is 9.78 Å². The minimum absolute atomic E-state index is 0.0654. The molecule has 1 aliphatic carbocycles. The maximum absolute atomic E-state index is 15.5. The van der Waals surface area contributed by atoms with E-state index in [1.54, 1.807) is 0 Å².